The van der Waals surface area contributed by atoms with Gasteiger partial charge in [0.2, 0.25) is 0 Å². The highest BCUT2D eigenvalue weighted by Crippen LogP contribution is 2.27. The van der Waals surface area contributed by atoms with Gasteiger partial charge in [-0.2, -0.15) is 0 Å². The fourth-order valence-electron chi connectivity index (χ4n) is 3.20. The van der Waals surface area contributed by atoms with E-state index in [2.05, 4.69) is 36.2 Å². The molecule has 2 heterocycles. The highest BCUT2D eigenvalue weighted by molar-refractivity contribution is 7.11. The van der Waals surface area contributed by atoms with Crippen molar-refractivity contribution in [3.8, 4) is 5.75 Å². The molecule has 0 saturated carbocycles. The lowest BCUT2D eigenvalue weighted by atomic mass is 9.94. The predicted octanol–water partition coefficient (Wildman–Crippen LogP) is 4.44. The Morgan fingerprint density at radius 2 is 2.08 bits per heavy atom. The molecule has 1 aromatic carbocycles. The zero-order valence-electron chi connectivity index (χ0n) is 14.9. The number of fused-ring (bicyclic) bond motifs is 1. The first-order valence-electron chi connectivity index (χ1n) is 8.66. The Labute approximate surface area is 156 Å². The molecule has 0 radical (unpaired) electrons. The molecule has 0 amide bonds. The summed E-state index contributed by atoms with van der Waals surface area (Å²) >= 11 is 1.60. The molecule has 0 spiro atoms. The van der Waals surface area contributed by atoms with Gasteiger partial charge in [0.15, 0.2) is 0 Å². The summed E-state index contributed by atoms with van der Waals surface area (Å²) in [7, 11) is 0. The number of hydrogen-bond acceptors (Lipinski definition) is 4. The number of pyridine rings is 1. The van der Waals surface area contributed by atoms with E-state index in [4.69, 9.17) is 4.74 Å². The lowest BCUT2D eigenvalue weighted by Gasteiger charge is -2.18. The lowest BCUT2D eigenvalue weighted by molar-refractivity contribution is 0.304. The van der Waals surface area contributed by atoms with Crippen LogP contribution in [0.4, 0.5) is 0 Å². The monoisotopic (exact) mass is 364 g/mol. The van der Waals surface area contributed by atoms with Gasteiger partial charge in [-0.15, -0.1) is 11.3 Å². The van der Waals surface area contributed by atoms with Crippen LogP contribution in [0.1, 0.15) is 33.0 Å². The Morgan fingerprint density at radius 1 is 1.19 bits per heavy atom. The number of aryl methyl sites for hydroxylation is 3. The Balaban J connectivity index is 1.54. The predicted molar refractivity (Wildman–Crippen MR) is 106 cm³/mol. The van der Waals surface area contributed by atoms with E-state index in [1.807, 2.05) is 19.2 Å². The van der Waals surface area contributed by atoms with E-state index in [-0.39, 0.29) is 5.56 Å². The van der Waals surface area contributed by atoms with Gasteiger partial charge in [0, 0.05) is 29.0 Å². The second-order valence-electron chi connectivity index (χ2n) is 6.56. The highest BCUT2D eigenvalue weighted by atomic mass is 32.1. The number of benzene rings is 1. The molecule has 0 saturated heterocycles. The number of ether oxygens (including phenoxy) is 1. The van der Waals surface area contributed by atoms with E-state index >= 15 is 0 Å². The van der Waals surface area contributed by atoms with Crippen LogP contribution in [0.25, 0.3) is 11.8 Å². The van der Waals surface area contributed by atoms with Crippen molar-refractivity contribution in [2.75, 3.05) is 0 Å². The number of allylic oxidation sites excluding steroid dienone is 1. The second-order valence-corrected chi connectivity index (χ2v) is 7.88. The van der Waals surface area contributed by atoms with Gasteiger partial charge in [-0.1, -0.05) is 23.8 Å². The quantitative estimate of drug-likeness (QED) is 0.687. The van der Waals surface area contributed by atoms with E-state index in [1.54, 1.807) is 28.2 Å². The fourth-order valence-corrected chi connectivity index (χ4v) is 3.90. The minimum Gasteiger partial charge on any atom is -0.486 e. The van der Waals surface area contributed by atoms with Gasteiger partial charge in [0.25, 0.3) is 5.56 Å². The molecule has 4 nitrogen and oxygen atoms in total. The van der Waals surface area contributed by atoms with Gasteiger partial charge in [0.05, 0.1) is 0 Å². The molecule has 0 bridgehead atoms. The maximum atomic E-state index is 12.5. The first-order valence-corrected chi connectivity index (χ1v) is 9.47. The largest absolute Gasteiger partial charge is 0.486 e. The van der Waals surface area contributed by atoms with Crippen molar-refractivity contribution in [3.63, 3.8) is 0 Å². The molecule has 0 aliphatic heterocycles. The third kappa shape index (κ3) is 3.48. The van der Waals surface area contributed by atoms with E-state index in [0.717, 1.165) is 28.4 Å². The summed E-state index contributed by atoms with van der Waals surface area (Å²) in [6.45, 7) is 4.51. The maximum absolute atomic E-state index is 12.5. The minimum atomic E-state index is -0.0698. The summed E-state index contributed by atoms with van der Waals surface area (Å²) in [4.78, 5) is 18.0. The van der Waals surface area contributed by atoms with Gasteiger partial charge in [-0.3, -0.25) is 9.36 Å². The van der Waals surface area contributed by atoms with E-state index in [1.165, 1.54) is 16.7 Å². The third-order valence-corrected chi connectivity index (χ3v) is 5.39. The van der Waals surface area contributed by atoms with Crippen molar-refractivity contribution in [2.45, 2.75) is 33.3 Å². The SMILES string of the molecule is Cc1ccc2c(c1)CCC(n1ccc(OCc3ncc(C)s3)cc1=O)=C2. The number of nitrogens with zero attached hydrogens (tertiary/aromatic N) is 2. The van der Waals surface area contributed by atoms with E-state index in [0.29, 0.717) is 12.4 Å². The second kappa shape index (κ2) is 6.92. The van der Waals surface area contributed by atoms with E-state index < -0.39 is 0 Å². The van der Waals surface area contributed by atoms with Crippen LogP contribution in [-0.2, 0) is 13.0 Å². The van der Waals surface area contributed by atoms with Crippen LogP contribution < -0.4 is 10.3 Å². The van der Waals surface area contributed by atoms with Crippen molar-refractivity contribution in [3.05, 3.63) is 79.7 Å². The lowest BCUT2D eigenvalue weighted by Crippen LogP contribution is -2.19. The number of aromatic nitrogens is 2. The average molecular weight is 364 g/mol. The molecule has 3 aromatic rings. The highest BCUT2D eigenvalue weighted by Gasteiger charge is 2.13. The van der Waals surface area contributed by atoms with Crippen LogP contribution in [0.5, 0.6) is 5.75 Å². The molecule has 0 atom stereocenters. The van der Waals surface area contributed by atoms with Gasteiger partial charge in [-0.05, 0) is 50.0 Å². The summed E-state index contributed by atoms with van der Waals surface area (Å²) < 4.78 is 7.42. The summed E-state index contributed by atoms with van der Waals surface area (Å²) in [6, 6.07) is 9.85. The van der Waals surface area contributed by atoms with Crippen molar-refractivity contribution in [1.29, 1.82) is 0 Å². The minimum absolute atomic E-state index is 0.0698. The van der Waals surface area contributed by atoms with Crippen molar-refractivity contribution < 1.29 is 4.74 Å². The Bertz CT molecular complexity index is 1050. The molecular formula is C21H20N2O2S. The molecule has 0 unspecified atom stereocenters. The molecular weight excluding hydrogens is 344 g/mol. The Hall–Kier alpha value is -2.66. The standard InChI is InChI=1S/C21H20N2O2S/c1-14-3-4-17-10-18(6-5-16(17)9-14)23-8-7-19(11-21(23)24)25-13-20-22-12-15(2)26-20/h3-4,7-12H,5-6,13H2,1-2H3. The summed E-state index contributed by atoms with van der Waals surface area (Å²) in [5, 5.41) is 0.911. The van der Waals surface area contributed by atoms with Crippen LogP contribution in [0, 0.1) is 13.8 Å². The zero-order chi connectivity index (χ0) is 18.1. The van der Waals surface area contributed by atoms with E-state index in [9.17, 15) is 4.79 Å². The topological polar surface area (TPSA) is 44.1 Å². The van der Waals surface area contributed by atoms with Crippen LogP contribution in [0.3, 0.4) is 0 Å². The van der Waals surface area contributed by atoms with Crippen LogP contribution in [-0.4, -0.2) is 9.55 Å². The third-order valence-electron chi connectivity index (χ3n) is 4.50. The maximum Gasteiger partial charge on any atom is 0.258 e. The Morgan fingerprint density at radius 3 is 2.85 bits per heavy atom. The summed E-state index contributed by atoms with van der Waals surface area (Å²) in [5.74, 6) is 0.575. The van der Waals surface area contributed by atoms with Gasteiger partial charge in [0.1, 0.15) is 17.4 Å². The van der Waals surface area contributed by atoms with Gasteiger partial charge < -0.3 is 4.74 Å². The number of rotatable bonds is 4. The molecule has 26 heavy (non-hydrogen) atoms. The van der Waals surface area contributed by atoms with Crippen LogP contribution in [0.15, 0.2) is 47.5 Å². The van der Waals surface area contributed by atoms with Crippen molar-refractivity contribution in [2.24, 2.45) is 0 Å². The summed E-state index contributed by atoms with van der Waals surface area (Å²) in [6.07, 6.45) is 7.55. The first-order chi connectivity index (χ1) is 12.6. The van der Waals surface area contributed by atoms with Crippen molar-refractivity contribution in [1.82, 2.24) is 9.55 Å². The molecule has 1 aliphatic carbocycles. The first kappa shape index (κ1) is 16.8. The van der Waals surface area contributed by atoms with Crippen molar-refractivity contribution >= 4 is 23.1 Å². The molecule has 0 N–H and O–H groups in total. The normalized spacial score (nSPS) is 13.2. The van der Waals surface area contributed by atoms with Gasteiger partial charge >= 0.3 is 0 Å². The molecule has 132 valence electrons. The van der Waals surface area contributed by atoms with Gasteiger partial charge in [-0.25, -0.2) is 4.98 Å². The number of hydrogen-bond donors (Lipinski definition) is 0. The van der Waals surface area contributed by atoms with Crippen LogP contribution >= 0.6 is 11.3 Å². The molecule has 4 rings (SSSR count). The molecule has 0 fully saturated rings. The molecule has 1 aliphatic rings. The molecule has 5 heteroatoms. The summed E-state index contributed by atoms with van der Waals surface area (Å²) in [5.41, 5.74) is 4.77. The smallest absolute Gasteiger partial charge is 0.258 e. The van der Waals surface area contributed by atoms with Crippen LogP contribution in [0.2, 0.25) is 0 Å². The average Bonchev–Trinajstić information content (AvgIpc) is 3.05. The Kier molecular flexibility index (Phi) is 4.47. The molecule has 2 aromatic heterocycles. The fraction of sp³-hybridized carbons (Fsp3) is 0.238. The zero-order valence-corrected chi connectivity index (χ0v) is 15.7. The number of thiazole rings is 1.